The van der Waals surface area contributed by atoms with E-state index in [1.165, 1.54) is 16.7 Å². The van der Waals surface area contributed by atoms with Gasteiger partial charge in [-0.15, -0.1) is 0 Å². The van der Waals surface area contributed by atoms with Crippen LogP contribution in [0.15, 0.2) is 41.2 Å². The molecule has 0 spiro atoms. The van der Waals surface area contributed by atoms with E-state index in [9.17, 15) is 32.3 Å². The Labute approximate surface area is 206 Å². The van der Waals surface area contributed by atoms with Gasteiger partial charge in [0.2, 0.25) is 0 Å². The summed E-state index contributed by atoms with van der Waals surface area (Å²) in [4.78, 5) is 30.3. The van der Waals surface area contributed by atoms with E-state index in [1.807, 2.05) is 0 Å². The number of fused-ring (bicyclic) bond motifs is 5. The molecule has 0 amide bonds. The number of carbonyl (C=O) groups is 1. The third-order valence-electron chi connectivity index (χ3n) is 7.18. The van der Waals surface area contributed by atoms with Crippen LogP contribution in [0.2, 0.25) is 0 Å². The average molecular weight is 510 g/mol. The number of ether oxygens (including phenoxy) is 1. The van der Waals surface area contributed by atoms with Crippen molar-refractivity contribution < 1.29 is 32.2 Å². The predicted octanol–water partition coefficient (Wildman–Crippen LogP) is 4.69. The van der Waals surface area contributed by atoms with Gasteiger partial charge in [0.05, 0.1) is 35.4 Å². The molecule has 0 aliphatic carbocycles. The number of cyclic esters (lactones) is 1. The Morgan fingerprint density at radius 3 is 2.49 bits per heavy atom. The molecule has 2 aromatic heterocycles. The standard InChI is InChI=1S/C27H18F4N2O4/c1-2-27(36)9-22(34)37-11-16-17(27)8-21-25-15(10-33(21)26(16)35)23(12-5-18(29)24(31)19(30)6-12)14-4-3-13(28)7-20(14)32-25/h3-8,36H,2,9-11H2,1H3/t27-/m1/s1. The van der Waals surface area contributed by atoms with Crippen LogP contribution in [0.3, 0.4) is 0 Å². The molecule has 2 aromatic carbocycles. The summed E-state index contributed by atoms with van der Waals surface area (Å²) in [5, 5.41) is 11.6. The lowest BCUT2D eigenvalue weighted by Crippen LogP contribution is -2.32. The fourth-order valence-electron chi connectivity index (χ4n) is 5.28. The summed E-state index contributed by atoms with van der Waals surface area (Å²) in [6.07, 6.45) is -0.220. The van der Waals surface area contributed by atoms with Crippen molar-refractivity contribution in [1.29, 1.82) is 0 Å². The van der Waals surface area contributed by atoms with E-state index in [0.717, 1.165) is 18.2 Å². The maximum Gasteiger partial charge on any atom is 0.309 e. The number of halogens is 4. The van der Waals surface area contributed by atoms with Crippen LogP contribution < -0.4 is 5.56 Å². The quantitative estimate of drug-likeness (QED) is 0.212. The first-order valence-electron chi connectivity index (χ1n) is 11.5. The van der Waals surface area contributed by atoms with Crippen molar-refractivity contribution in [3.63, 3.8) is 0 Å². The Bertz CT molecular complexity index is 1710. The van der Waals surface area contributed by atoms with Gasteiger partial charge < -0.3 is 14.4 Å². The lowest BCUT2D eigenvalue weighted by molar-refractivity contribution is -0.149. The highest BCUT2D eigenvalue weighted by Gasteiger charge is 2.40. The number of rotatable bonds is 2. The first-order chi connectivity index (χ1) is 17.6. The van der Waals surface area contributed by atoms with E-state index < -0.39 is 40.4 Å². The number of benzene rings is 2. The van der Waals surface area contributed by atoms with Crippen LogP contribution in [0.5, 0.6) is 0 Å². The van der Waals surface area contributed by atoms with Crippen molar-refractivity contribution in [2.24, 2.45) is 0 Å². The zero-order chi connectivity index (χ0) is 26.2. The molecule has 4 heterocycles. The van der Waals surface area contributed by atoms with Gasteiger partial charge in [-0.2, -0.15) is 0 Å². The summed E-state index contributed by atoms with van der Waals surface area (Å²) >= 11 is 0. The normalized spacial score (nSPS) is 18.3. The van der Waals surface area contributed by atoms with Crippen molar-refractivity contribution in [1.82, 2.24) is 9.55 Å². The minimum Gasteiger partial charge on any atom is -0.460 e. The van der Waals surface area contributed by atoms with E-state index in [1.54, 1.807) is 13.0 Å². The van der Waals surface area contributed by atoms with E-state index in [4.69, 9.17) is 4.74 Å². The lowest BCUT2D eigenvalue weighted by Gasteiger charge is -2.26. The van der Waals surface area contributed by atoms with Crippen molar-refractivity contribution in [2.45, 2.75) is 38.5 Å². The van der Waals surface area contributed by atoms with Gasteiger partial charge in [-0.3, -0.25) is 9.59 Å². The van der Waals surface area contributed by atoms with Crippen molar-refractivity contribution in [2.75, 3.05) is 0 Å². The maximum absolute atomic E-state index is 14.3. The first kappa shape index (κ1) is 23.4. The summed E-state index contributed by atoms with van der Waals surface area (Å²) in [6.45, 7) is 1.28. The molecule has 37 heavy (non-hydrogen) atoms. The van der Waals surface area contributed by atoms with Gasteiger partial charge in [-0.1, -0.05) is 6.92 Å². The van der Waals surface area contributed by atoms with Crippen LogP contribution in [0.4, 0.5) is 17.6 Å². The molecule has 188 valence electrons. The van der Waals surface area contributed by atoms with Gasteiger partial charge in [0, 0.05) is 17.0 Å². The summed E-state index contributed by atoms with van der Waals surface area (Å²) in [7, 11) is 0. The second-order valence-corrected chi connectivity index (χ2v) is 9.27. The molecular formula is C27H18F4N2O4. The highest BCUT2D eigenvalue weighted by Crippen LogP contribution is 2.43. The van der Waals surface area contributed by atoms with Gasteiger partial charge in [0.25, 0.3) is 5.56 Å². The second-order valence-electron chi connectivity index (χ2n) is 9.27. The molecule has 6 nitrogen and oxygen atoms in total. The lowest BCUT2D eigenvalue weighted by atomic mass is 9.85. The van der Waals surface area contributed by atoms with Gasteiger partial charge in [0.15, 0.2) is 17.5 Å². The average Bonchev–Trinajstić information content (AvgIpc) is 3.16. The molecule has 0 bridgehead atoms. The SMILES string of the molecule is CC[C@@]1(O)CC(=O)OCc2c1cc1n(c2=O)Cc2c-1nc1cc(F)ccc1c2-c1cc(F)c(F)c(F)c1. The van der Waals surface area contributed by atoms with Gasteiger partial charge in [0.1, 0.15) is 18.0 Å². The molecule has 10 heteroatoms. The molecule has 0 unspecified atom stereocenters. The number of aliphatic hydroxyl groups is 1. The molecular weight excluding hydrogens is 492 g/mol. The van der Waals surface area contributed by atoms with Crippen LogP contribution in [-0.4, -0.2) is 20.6 Å². The first-order valence-corrected chi connectivity index (χ1v) is 11.5. The monoisotopic (exact) mass is 510 g/mol. The number of hydrogen-bond acceptors (Lipinski definition) is 5. The van der Waals surface area contributed by atoms with Crippen molar-refractivity contribution in [3.05, 3.63) is 86.7 Å². The molecule has 1 N–H and O–H groups in total. The topological polar surface area (TPSA) is 81.4 Å². The van der Waals surface area contributed by atoms with Gasteiger partial charge in [-0.05, 0) is 53.4 Å². The third-order valence-corrected chi connectivity index (χ3v) is 7.18. The Balaban J connectivity index is 1.69. The van der Waals surface area contributed by atoms with E-state index >= 15 is 0 Å². The van der Waals surface area contributed by atoms with E-state index in [-0.39, 0.29) is 65.2 Å². The van der Waals surface area contributed by atoms with Crippen LogP contribution >= 0.6 is 0 Å². The zero-order valence-corrected chi connectivity index (χ0v) is 19.4. The highest BCUT2D eigenvalue weighted by atomic mass is 19.2. The molecule has 0 fully saturated rings. The molecule has 0 saturated heterocycles. The van der Waals surface area contributed by atoms with E-state index in [2.05, 4.69) is 4.98 Å². The fraction of sp³-hybridized carbons (Fsp3) is 0.222. The Morgan fingerprint density at radius 1 is 1.05 bits per heavy atom. The molecule has 2 aliphatic heterocycles. The Morgan fingerprint density at radius 2 is 1.78 bits per heavy atom. The van der Waals surface area contributed by atoms with Gasteiger partial charge >= 0.3 is 5.97 Å². The highest BCUT2D eigenvalue weighted by molar-refractivity contribution is 5.99. The van der Waals surface area contributed by atoms with Crippen LogP contribution in [0.25, 0.3) is 33.4 Å². The molecule has 1 atom stereocenters. The summed E-state index contributed by atoms with van der Waals surface area (Å²) in [5.74, 6) is -5.67. The third kappa shape index (κ3) is 3.39. The number of pyridine rings is 2. The molecule has 2 aliphatic rings. The molecule has 4 aromatic rings. The minimum absolute atomic E-state index is 0.00642. The number of aromatic nitrogens is 2. The maximum atomic E-state index is 14.3. The fourth-order valence-corrected chi connectivity index (χ4v) is 5.28. The zero-order valence-electron chi connectivity index (χ0n) is 19.4. The van der Waals surface area contributed by atoms with E-state index in [0.29, 0.717) is 10.9 Å². The molecule has 6 rings (SSSR count). The summed E-state index contributed by atoms with van der Waals surface area (Å²) < 4.78 is 63.0. The number of esters is 1. The number of carbonyl (C=O) groups excluding carboxylic acids is 1. The second kappa shape index (κ2) is 7.97. The predicted molar refractivity (Wildman–Crippen MR) is 124 cm³/mol. The molecule has 0 radical (unpaired) electrons. The Kier molecular flexibility index (Phi) is 5.03. The van der Waals surface area contributed by atoms with Crippen LogP contribution in [-0.2, 0) is 28.3 Å². The summed E-state index contributed by atoms with van der Waals surface area (Å²) in [6, 6.07) is 6.96. The number of nitrogens with zero attached hydrogens (tertiary/aromatic N) is 2. The Hall–Kier alpha value is -4.05. The minimum atomic E-state index is -1.66. The largest absolute Gasteiger partial charge is 0.460 e. The van der Waals surface area contributed by atoms with Crippen LogP contribution in [0.1, 0.15) is 36.5 Å². The van der Waals surface area contributed by atoms with Crippen LogP contribution in [0, 0.1) is 23.3 Å². The van der Waals surface area contributed by atoms with Crippen molar-refractivity contribution >= 4 is 16.9 Å². The smallest absolute Gasteiger partial charge is 0.309 e. The summed E-state index contributed by atoms with van der Waals surface area (Å²) in [5.41, 5.74) is -0.475. The van der Waals surface area contributed by atoms with Gasteiger partial charge in [-0.25, -0.2) is 22.5 Å². The number of hydrogen-bond donors (Lipinski definition) is 1. The van der Waals surface area contributed by atoms with Crippen molar-refractivity contribution in [3.8, 4) is 22.5 Å². The molecule has 0 saturated carbocycles.